The molecule has 2 rings (SSSR count). The van der Waals surface area contributed by atoms with E-state index in [9.17, 15) is 9.82 Å². The lowest BCUT2D eigenvalue weighted by Crippen LogP contribution is -2.29. The minimum absolute atomic E-state index is 0.246. The molecule has 0 bridgehead atoms. The van der Waals surface area contributed by atoms with E-state index in [0.717, 1.165) is 5.56 Å². The summed E-state index contributed by atoms with van der Waals surface area (Å²) >= 11 is 5.92. The maximum atomic E-state index is 10.1. The molecule has 70 valence electrons. The first-order chi connectivity index (χ1) is 6.74. The van der Waals surface area contributed by atoms with Gasteiger partial charge < -0.3 is 9.68 Å². The number of hydrogen-bond acceptors (Lipinski definition) is 4. The number of rotatable bonds is 1. The maximum absolute atomic E-state index is 10.1. The van der Waals surface area contributed by atoms with Gasteiger partial charge >= 0.3 is 7.12 Å². The highest BCUT2D eigenvalue weighted by molar-refractivity contribution is 6.65. The van der Waals surface area contributed by atoms with Gasteiger partial charge in [-0.1, -0.05) is 17.7 Å². The molecule has 1 N–H and O–H groups in total. The van der Waals surface area contributed by atoms with E-state index < -0.39 is 7.12 Å². The quantitative estimate of drug-likeness (QED) is 0.417. The summed E-state index contributed by atoms with van der Waals surface area (Å²) in [6.07, 6.45) is 1.40. The van der Waals surface area contributed by atoms with Gasteiger partial charge in [0.25, 0.3) is 0 Å². The SMILES string of the molecule is O=C=Nc1ccc2c(c1Cl)B(O)OC2. The lowest BCUT2D eigenvalue weighted by molar-refractivity contribution is 0.275. The predicted molar refractivity (Wildman–Crippen MR) is 51.6 cm³/mol. The zero-order chi connectivity index (χ0) is 10.1. The summed E-state index contributed by atoms with van der Waals surface area (Å²) in [4.78, 5) is 13.5. The molecule has 0 unspecified atom stereocenters. The van der Waals surface area contributed by atoms with Crippen molar-refractivity contribution < 1.29 is 14.5 Å². The molecule has 1 aromatic carbocycles. The predicted octanol–water partition coefficient (Wildman–Crippen LogP) is 0.525. The van der Waals surface area contributed by atoms with Crippen LogP contribution in [0.25, 0.3) is 0 Å². The Labute approximate surface area is 85.3 Å². The van der Waals surface area contributed by atoms with E-state index in [4.69, 9.17) is 16.3 Å². The van der Waals surface area contributed by atoms with Gasteiger partial charge in [0.2, 0.25) is 6.08 Å². The van der Waals surface area contributed by atoms with Crippen LogP contribution in [-0.2, 0) is 16.1 Å². The summed E-state index contributed by atoms with van der Waals surface area (Å²) < 4.78 is 4.97. The molecule has 0 fully saturated rings. The van der Waals surface area contributed by atoms with Crippen molar-refractivity contribution in [3.8, 4) is 0 Å². The van der Waals surface area contributed by atoms with Crippen molar-refractivity contribution >= 4 is 35.9 Å². The minimum Gasteiger partial charge on any atom is -0.423 e. The van der Waals surface area contributed by atoms with Crippen molar-refractivity contribution in [3.05, 3.63) is 22.7 Å². The summed E-state index contributed by atoms with van der Waals surface area (Å²) in [7, 11) is -1.03. The molecule has 1 aromatic rings. The standard InChI is InChI=1S/C8H5BClNO3/c10-8-6(11-4-12)2-1-5-3-14-9(13)7(5)8/h1-2,13H,3H2. The lowest BCUT2D eigenvalue weighted by atomic mass is 9.79. The van der Waals surface area contributed by atoms with Gasteiger partial charge in [-0.25, -0.2) is 4.79 Å². The van der Waals surface area contributed by atoms with Crippen LogP contribution in [0.4, 0.5) is 5.69 Å². The molecule has 0 amide bonds. The number of carbonyl (C=O) groups excluding carboxylic acids is 1. The van der Waals surface area contributed by atoms with Gasteiger partial charge in [-0.3, -0.25) is 0 Å². The van der Waals surface area contributed by atoms with Crippen LogP contribution in [0.2, 0.25) is 5.02 Å². The Balaban J connectivity index is 2.61. The second kappa shape index (κ2) is 3.56. The van der Waals surface area contributed by atoms with Crippen molar-refractivity contribution in [2.45, 2.75) is 6.61 Å². The first-order valence-electron chi connectivity index (χ1n) is 3.93. The molecule has 0 spiro atoms. The fourth-order valence-electron chi connectivity index (χ4n) is 1.40. The van der Waals surface area contributed by atoms with Crippen molar-refractivity contribution in [2.24, 2.45) is 4.99 Å². The van der Waals surface area contributed by atoms with Gasteiger partial charge in [0, 0.05) is 5.46 Å². The number of benzene rings is 1. The first kappa shape index (κ1) is 9.43. The third kappa shape index (κ3) is 1.36. The fourth-order valence-corrected chi connectivity index (χ4v) is 1.72. The van der Waals surface area contributed by atoms with E-state index >= 15 is 0 Å². The van der Waals surface area contributed by atoms with Crippen LogP contribution in [0.5, 0.6) is 0 Å². The van der Waals surface area contributed by atoms with E-state index in [-0.39, 0.29) is 5.02 Å². The van der Waals surface area contributed by atoms with Gasteiger partial charge in [-0.2, -0.15) is 4.99 Å². The molecule has 0 aromatic heterocycles. The van der Waals surface area contributed by atoms with Gasteiger partial charge in [0.15, 0.2) is 0 Å². The maximum Gasteiger partial charge on any atom is 0.493 e. The third-order valence-electron chi connectivity index (χ3n) is 2.06. The number of nitrogens with zero attached hydrogens (tertiary/aromatic N) is 1. The highest BCUT2D eigenvalue weighted by atomic mass is 35.5. The second-order valence-electron chi connectivity index (χ2n) is 2.84. The van der Waals surface area contributed by atoms with Gasteiger partial charge in [0.1, 0.15) is 0 Å². The third-order valence-corrected chi connectivity index (χ3v) is 2.46. The van der Waals surface area contributed by atoms with Crippen LogP contribution < -0.4 is 5.46 Å². The second-order valence-corrected chi connectivity index (χ2v) is 3.22. The Morgan fingerprint density at radius 1 is 1.64 bits per heavy atom. The molecule has 1 heterocycles. The van der Waals surface area contributed by atoms with Crippen LogP contribution in [0.1, 0.15) is 5.56 Å². The average molecular weight is 209 g/mol. The Kier molecular flexibility index (Phi) is 2.39. The molecule has 14 heavy (non-hydrogen) atoms. The molecule has 6 heteroatoms. The van der Waals surface area contributed by atoms with Crippen LogP contribution in [-0.4, -0.2) is 18.2 Å². The Morgan fingerprint density at radius 2 is 2.43 bits per heavy atom. The Morgan fingerprint density at radius 3 is 3.14 bits per heavy atom. The molecule has 0 radical (unpaired) electrons. The molecule has 0 atom stereocenters. The molecule has 1 aliphatic heterocycles. The summed E-state index contributed by atoms with van der Waals surface area (Å²) in [5.74, 6) is 0. The average Bonchev–Trinajstić information content (AvgIpc) is 2.54. The largest absolute Gasteiger partial charge is 0.493 e. The molecule has 0 saturated heterocycles. The van der Waals surface area contributed by atoms with Crippen LogP contribution in [0.3, 0.4) is 0 Å². The van der Waals surface area contributed by atoms with Crippen LogP contribution in [0.15, 0.2) is 17.1 Å². The Bertz CT molecular complexity index is 431. The van der Waals surface area contributed by atoms with Crippen molar-refractivity contribution in [2.75, 3.05) is 0 Å². The fraction of sp³-hybridized carbons (Fsp3) is 0.125. The van der Waals surface area contributed by atoms with Gasteiger partial charge in [-0.05, 0) is 11.6 Å². The number of fused-ring (bicyclic) bond motifs is 1. The van der Waals surface area contributed by atoms with Crippen LogP contribution >= 0.6 is 11.6 Å². The summed E-state index contributed by atoms with van der Waals surface area (Å²) in [5, 5.41) is 9.65. The highest BCUT2D eigenvalue weighted by Gasteiger charge is 2.30. The molecule has 0 aliphatic carbocycles. The summed E-state index contributed by atoms with van der Waals surface area (Å²) in [6.45, 7) is 0.321. The van der Waals surface area contributed by atoms with E-state index in [2.05, 4.69) is 4.99 Å². The van der Waals surface area contributed by atoms with E-state index in [1.54, 1.807) is 12.1 Å². The smallest absolute Gasteiger partial charge is 0.423 e. The highest BCUT2D eigenvalue weighted by Crippen LogP contribution is 2.26. The number of aliphatic imine (C=N–C) groups is 1. The minimum atomic E-state index is -1.03. The molecule has 0 saturated carbocycles. The lowest BCUT2D eigenvalue weighted by Gasteiger charge is -2.03. The number of hydrogen-bond donors (Lipinski definition) is 1. The topological polar surface area (TPSA) is 58.9 Å². The van der Waals surface area contributed by atoms with Gasteiger partial charge in [-0.15, -0.1) is 0 Å². The number of isocyanates is 1. The summed E-state index contributed by atoms with van der Waals surface area (Å²) in [6, 6.07) is 3.31. The van der Waals surface area contributed by atoms with E-state index in [1.165, 1.54) is 6.08 Å². The van der Waals surface area contributed by atoms with Gasteiger partial charge in [0.05, 0.1) is 17.3 Å². The van der Waals surface area contributed by atoms with Crippen LogP contribution in [0, 0.1) is 0 Å². The summed E-state index contributed by atoms with van der Waals surface area (Å²) in [5.41, 5.74) is 1.60. The Hall–Kier alpha value is -1.13. The van der Waals surface area contributed by atoms with Crippen molar-refractivity contribution in [1.29, 1.82) is 0 Å². The molecule has 1 aliphatic rings. The number of halogens is 1. The molecular formula is C8H5BClNO3. The monoisotopic (exact) mass is 209 g/mol. The van der Waals surface area contributed by atoms with E-state index in [1.807, 2.05) is 0 Å². The van der Waals surface area contributed by atoms with Crippen molar-refractivity contribution in [1.82, 2.24) is 0 Å². The zero-order valence-electron chi connectivity index (χ0n) is 7.03. The van der Waals surface area contributed by atoms with Crippen molar-refractivity contribution in [3.63, 3.8) is 0 Å². The van der Waals surface area contributed by atoms with E-state index in [0.29, 0.717) is 17.8 Å². The molecular weight excluding hydrogens is 204 g/mol. The normalized spacial score (nSPS) is 13.7. The first-order valence-corrected chi connectivity index (χ1v) is 4.30. The molecule has 4 nitrogen and oxygen atoms in total. The zero-order valence-corrected chi connectivity index (χ0v) is 7.78.